The summed E-state index contributed by atoms with van der Waals surface area (Å²) in [7, 11) is 1.39. The lowest BCUT2D eigenvalue weighted by molar-refractivity contribution is 0.0600. The molecule has 0 heterocycles. The van der Waals surface area contributed by atoms with Gasteiger partial charge in [0.2, 0.25) is 0 Å². The maximum absolute atomic E-state index is 11.2. The molecule has 0 radical (unpaired) electrons. The summed E-state index contributed by atoms with van der Waals surface area (Å²) in [6.07, 6.45) is 4.47. The zero-order valence-electron chi connectivity index (χ0n) is 11.3. The zero-order chi connectivity index (χ0) is 13.2. The lowest BCUT2D eigenvalue weighted by Gasteiger charge is -2.05. The molecule has 1 rings (SSSR count). The van der Waals surface area contributed by atoms with Gasteiger partial charge >= 0.3 is 5.97 Å². The Hall–Kier alpha value is -1.35. The second kappa shape index (κ2) is 8.70. The summed E-state index contributed by atoms with van der Waals surface area (Å²) < 4.78 is 10.2. The van der Waals surface area contributed by atoms with E-state index in [4.69, 9.17) is 4.74 Å². The van der Waals surface area contributed by atoms with Gasteiger partial charge in [-0.05, 0) is 30.5 Å². The van der Waals surface area contributed by atoms with Gasteiger partial charge in [-0.3, -0.25) is 0 Å². The monoisotopic (exact) mass is 250 g/mol. The third-order valence-electron chi connectivity index (χ3n) is 2.80. The van der Waals surface area contributed by atoms with Crippen LogP contribution in [0.4, 0.5) is 0 Å². The first-order valence-electron chi connectivity index (χ1n) is 6.53. The molecule has 100 valence electrons. The molecular weight excluding hydrogens is 228 g/mol. The number of benzene rings is 1. The molecule has 0 aromatic heterocycles. The molecule has 18 heavy (non-hydrogen) atoms. The Morgan fingerprint density at radius 3 is 2.44 bits per heavy atom. The van der Waals surface area contributed by atoms with Gasteiger partial charge in [-0.25, -0.2) is 4.79 Å². The average molecular weight is 250 g/mol. The van der Waals surface area contributed by atoms with E-state index >= 15 is 0 Å². The van der Waals surface area contributed by atoms with Crippen LogP contribution in [-0.2, 0) is 15.9 Å². The molecule has 0 N–H and O–H groups in total. The highest BCUT2D eigenvalue weighted by atomic mass is 16.5. The molecule has 0 unspecified atom stereocenters. The van der Waals surface area contributed by atoms with Gasteiger partial charge in [0.05, 0.1) is 19.3 Å². The summed E-state index contributed by atoms with van der Waals surface area (Å²) in [6, 6.07) is 7.47. The van der Waals surface area contributed by atoms with Crippen molar-refractivity contribution in [1.29, 1.82) is 0 Å². The molecule has 0 fully saturated rings. The highest BCUT2D eigenvalue weighted by Crippen LogP contribution is 2.06. The van der Waals surface area contributed by atoms with Crippen LogP contribution in [0.5, 0.6) is 0 Å². The second-order valence-electron chi connectivity index (χ2n) is 4.26. The summed E-state index contributed by atoms with van der Waals surface area (Å²) in [4.78, 5) is 11.2. The number of carbonyl (C=O) groups excluding carboxylic acids is 1. The Morgan fingerprint density at radius 2 is 1.83 bits per heavy atom. The van der Waals surface area contributed by atoms with Crippen molar-refractivity contribution in [2.45, 2.75) is 32.6 Å². The SMILES string of the molecule is CCCCCOCCc1ccc(C(=O)OC)cc1. The van der Waals surface area contributed by atoms with Crippen LogP contribution in [0.25, 0.3) is 0 Å². The van der Waals surface area contributed by atoms with Gasteiger partial charge in [0.25, 0.3) is 0 Å². The van der Waals surface area contributed by atoms with Crippen molar-refractivity contribution in [3.63, 3.8) is 0 Å². The molecule has 0 saturated heterocycles. The normalized spacial score (nSPS) is 10.3. The van der Waals surface area contributed by atoms with E-state index in [-0.39, 0.29) is 5.97 Å². The first-order chi connectivity index (χ1) is 8.77. The Bertz CT molecular complexity index is 343. The van der Waals surface area contributed by atoms with Gasteiger partial charge in [0.1, 0.15) is 0 Å². The fourth-order valence-electron chi connectivity index (χ4n) is 1.67. The number of carbonyl (C=O) groups is 1. The predicted octanol–water partition coefficient (Wildman–Crippen LogP) is 3.22. The Kier molecular flexibility index (Phi) is 7.11. The van der Waals surface area contributed by atoms with Crippen molar-refractivity contribution in [3.8, 4) is 0 Å². The Balaban J connectivity index is 2.25. The number of rotatable bonds is 8. The number of methoxy groups -OCH3 is 1. The average Bonchev–Trinajstić information content (AvgIpc) is 2.42. The molecule has 0 aliphatic rings. The number of hydrogen-bond donors (Lipinski definition) is 0. The van der Waals surface area contributed by atoms with E-state index < -0.39 is 0 Å². The number of ether oxygens (including phenoxy) is 2. The fourth-order valence-corrected chi connectivity index (χ4v) is 1.67. The zero-order valence-corrected chi connectivity index (χ0v) is 11.3. The quantitative estimate of drug-likeness (QED) is 0.525. The minimum absolute atomic E-state index is 0.294. The van der Waals surface area contributed by atoms with Crippen LogP contribution in [-0.4, -0.2) is 26.3 Å². The van der Waals surface area contributed by atoms with Gasteiger partial charge < -0.3 is 9.47 Å². The minimum atomic E-state index is -0.294. The predicted molar refractivity (Wildman–Crippen MR) is 71.8 cm³/mol. The van der Waals surface area contributed by atoms with Gasteiger partial charge in [0, 0.05) is 6.61 Å². The molecule has 3 heteroatoms. The number of esters is 1. The van der Waals surface area contributed by atoms with Crippen molar-refractivity contribution in [1.82, 2.24) is 0 Å². The van der Waals surface area contributed by atoms with Crippen LogP contribution in [0.2, 0.25) is 0 Å². The van der Waals surface area contributed by atoms with Crippen molar-refractivity contribution >= 4 is 5.97 Å². The summed E-state index contributed by atoms with van der Waals surface area (Å²) in [5.74, 6) is -0.294. The van der Waals surface area contributed by atoms with E-state index in [1.165, 1.54) is 25.5 Å². The molecular formula is C15H22O3. The molecule has 0 aliphatic carbocycles. The largest absolute Gasteiger partial charge is 0.465 e. The third-order valence-corrected chi connectivity index (χ3v) is 2.80. The van der Waals surface area contributed by atoms with Crippen LogP contribution >= 0.6 is 0 Å². The van der Waals surface area contributed by atoms with E-state index in [0.717, 1.165) is 26.1 Å². The standard InChI is InChI=1S/C15H22O3/c1-3-4-5-11-18-12-10-13-6-8-14(9-7-13)15(16)17-2/h6-9H,3-5,10-12H2,1-2H3. The molecule has 1 aromatic carbocycles. The maximum atomic E-state index is 11.2. The minimum Gasteiger partial charge on any atom is -0.465 e. The molecule has 0 atom stereocenters. The molecule has 0 bridgehead atoms. The first-order valence-corrected chi connectivity index (χ1v) is 6.53. The van der Waals surface area contributed by atoms with Crippen molar-refractivity contribution < 1.29 is 14.3 Å². The summed E-state index contributed by atoms with van der Waals surface area (Å²) in [5.41, 5.74) is 1.77. The second-order valence-corrected chi connectivity index (χ2v) is 4.26. The lowest BCUT2D eigenvalue weighted by atomic mass is 10.1. The maximum Gasteiger partial charge on any atom is 0.337 e. The van der Waals surface area contributed by atoms with Crippen molar-refractivity contribution in [2.24, 2.45) is 0 Å². The molecule has 3 nitrogen and oxygen atoms in total. The van der Waals surface area contributed by atoms with E-state index in [1.807, 2.05) is 12.1 Å². The molecule has 0 aliphatic heterocycles. The molecule has 0 amide bonds. The highest BCUT2D eigenvalue weighted by Gasteiger charge is 2.03. The van der Waals surface area contributed by atoms with Crippen LogP contribution < -0.4 is 0 Å². The van der Waals surface area contributed by atoms with E-state index in [1.54, 1.807) is 12.1 Å². The number of hydrogen-bond acceptors (Lipinski definition) is 3. The van der Waals surface area contributed by atoms with Crippen LogP contribution in [0, 0.1) is 0 Å². The van der Waals surface area contributed by atoms with Crippen LogP contribution in [0.15, 0.2) is 24.3 Å². The third kappa shape index (κ3) is 5.32. The van der Waals surface area contributed by atoms with E-state index in [0.29, 0.717) is 5.56 Å². The number of unbranched alkanes of at least 4 members (excludes halogenated alkanes) is 2. The molecule has 0 spiro atoms. The molecule has 1 aromatic rings. The fraction of sp³-hybridized carbons (Fsp3) is 0.533. The van der Waals surface area contributed by atoms with Gasteiger partial charge in [-0.2, -0.15) is 0 Å². The topological polar surface area (TPSA) is 35.5 Å². The summed E-state index contributed by atoms with van der Waals surface area (Å²) in [6.45, 7) is 3.76. The van der Waals surface area contributed by atoms with Crippen LogP contribution in [0.3, 0.4) is 0 Å². The van der Waals surface area contributed by atoms with Gasteiger partial charge in [0.15, 0.2) is 0 Å². The molecule has 0 saturated carbocycles. The smallest absolute Gasteiger partial charge is 0.337 e. The van der Waals surface area contributed by atoms with Gasteiger partial charge in [-0.1, -0.05) is 31.9 Å². The van der Waals surface area contributed by atoms with Crippen LogP contribution in [0.1, 0.15) is 42.1 Å². The van der Waals surface area contributed by atoms with E-state index in [2.05, 4.69) is 11.7 Å². The van der Waals surface area contributed by atoms with Gasteiger partial charge in [-0.15, -0.1) is 0 Å². The van der Waals surface area contributed by atoms with Crippen molar-refractivity contribution in [3.05, 3.63) is 35.4 Å². The van der Waals surface area contributed by atoms with Crippen molar-refractivity contribution in [2.75, 3.05) is 20.3 Å². The highest BCUT2D eigenvalue weighted by molar-refractivity contribution is 5.89. The summed E-state index contributed by atoms with van der Waals surface area (Å²) in [5, 5.41) is 0. The summed E-state index contributed by atoms with van der Waals surface area (Å²) >= 11 is 0. The lowest BCUT2D eigenvalue weighted by Crippen LogP contribution is -2.03. The first kappa shape index (κ1) is 14.7. The Labute approximate surface area is 109 Å². The van der Waals surface area contributed by atoms with E-state index in [9.17, 15) is 4.79 Å². The Morgan fingerprint density at radius 1 is 1.11 bits per heavy atom.